The van der Waals surface area contributed by atoms with E-state index in [2.05, 4.69) is 29.4 Å². The van der Waals surface area contributed by atoms with Crippen LogP contribution in [-0.4, -0.2) is 50.0 Å². The van der Waals surface area contributed by atoms with Crippen LogP contribution in [0.25, 0.3) is 0 Å². The molecule has 0 saturated carbocycles. The van der Waals surface area contributed by atoms with Crippen molar-refractivity contribution in [3.8, 4) is 5.75 Å². The van der Waals surface area contributed by atoms with Crippen molar-refractivity contribution in [3.05, 3.63) is 59.7 Å². The van der Waals surface area contributed by atoms with Gasteiger partial charge >= 0.3 is 0 Å². The van der Waals surface area contributed by atoms with Crippen molar-refractivity contribution in [1.82, 2.24) is 10.2 Å². The minimum atomic E-state index is -0.256. The first kappa shape index (κ1) is 20.5. The van der Waals surface area contributed by atoms with Gasteiger partial charge in [-0.05, 0) is 43.4 Å². The second kappa shape index (κ2) is 10.3. The fraction of sp³-hybridized carbons (Fsp3) is 0.333. The number of hydrogen-bond acceptors (Lipinski definition) is 4. The lowest BCUT2D eigenvalue weighted by Crippen LogP contribution is -2.34. The van der Waals surface area contributed by atoms with Gasteiger partial charge in [-0.1, -0.05) is 32.0 Å². The van der Waals surface area contributed by atoms with Crippen LogP contribution >= 0.6 is 0 Å². The first-order valence-corrected chi connectivity index (χ1v) is 9.14. The van der Waals surface area contributed by atoms with Gasteiger partial charge in [0.25, 0.3) is 11.8 Å². The van der Waals surface area contributed by atoms with Crippen molar-refractivity contribution in [2.45, 2.75) is 13.8 Å². The van der Waals surface area contributed by atoms with Crippen LogP contribution in [0, 0.1) is 0 Å². The number of carbonyl (C=O) groups is 2. The number of anilines is 1. The van der Waals surface area contributed by atoms with Gasteiger partial charge in [-0.15, -0.1) is 0 Å². The van der Waals surface area contributed by atoms with E-state index >= 15 is 0 Å². The van der Waals surface area contributed by atoms with Crippen LogP contribution in [-0.2, 0) is 0 Å². The number of hydrogen-bond donors (Lipinski definition) is 2. The molecular formula is C21H27N3O3. The van der Waals surface area contributed by atoms with Gasteiger partial charge in [-0.3, -0.25) is 9.59 Å². The monoisotopic (exact) mass is 369 g/mol. The summed E-state index contributed by atoms with van der Waals surface area (Å²) in [5.74, 6) is -0.0990. The molecule has 0 aliphatic carbocycles. The summed E-state index contributed by atoms with van der Waals surface area (Å²) in [5, 5.41) is 5.72. The summed E-state index contributed by atoms with van der Waals surface area (Å²) in [7, 11) is 1.49. The second-order valence-corrected chi connectivity index (χ2v) is 6.02. The van der Waals surface area contributed by atoms with Gasteiger partial charge < -0.3 is 20.3 Å². The molecule has 6 nitrogen and oxygen atoms in total. The van der Waals surface area contributed by atoms with Crippen molar-refractivity contribution in [2.24, 2.45) is 0 Å². The molecule has 144 valence electrons. The van der Waals surface area contributed by atoms with Gasteiger partial charge in [-0.2, -0.15) is 0 Å². The Kier molecular flexibility index (Phi) is 7.82. The SMILES string of the molecule is CCN(CC)CCNC(=O)c1ccc(C(=O)Nc2ccccc2)cc1OC. The number of methoxy groups -OCH3 is 1. The van der Waals surface area contributed by atoms with Crippen molar-refractivity contribution >= 4 is 17.5 Å². The fourth-order valence-electron chi connectivity index (χ4n) is 2.71. The number of amides is 2. The molecule has 0 fully saturated rings. The standard InChI is InChI=1S/C21H27N3O3/c1-4-24(5-2)14-13-22-21(26)18-12-11-16(15-19(18)27-3)20(25)23-17-9-7-6-8-10-17/h6-12,15H,4-5,13-14H2,1-3H3,(H,22,26)(H,23,25). The van der Waals surface area contributed by atoms with Gasteiger partial charge in [0.15, 0.2) is 0 Å². The maximum absolute atomic E-state index is 12.4. The lowest BCUT2D eigenvalue weighted by Gasteiger charge is -2.18. The zero-order valence-electron chi connectivity index (χ0n) is 16.1. The number of nitrogens with one attached hydrogen (secondary N) is 2. The van der Waals surface area contributed by atoms with Crippen molar-refractivity contribution in [3.63, 3.8) is 0 Å². The van der Waals surface area contributed by atoms with Crippen LogP contribution in [0.2, 0.25) is 0 Å². The van der Waals surface area contributed by atoms with Gasteiger partial charge in [0.05, 0.1) is 12.7 Å². The van der Waals surface area contributed by atoms with Gasteiger partial charge in [0.2, 0.25) is 0 Å². The largest absolute Gasteiger partial charge is 0.496 e. The number of para-hydroxylation sites is 1. The van der Waals surface area contributed by atoms with E-state index in [1.807, 2.05) is 30.3 Å². The number of carbonyl (C=O) groups excluding carboxylic acids is 2. The van der Waals surface area contributed by atoms with E-state index in [4.69, 9.17) is 4.74 Å². The molecule has 2 N–H and O–H groups in total. The maximum Gasteiger partial charge on any atom is 0.255 e. The Morgan fingerprint density at radius 2 is 1.70 bits per heavy atom. The van der Waals surface area contributed by atoms with E-state index in [-0.39, 0.29) is 11.8 Å². The molecule has 0 heterocycles. The molecule has 0 atom stereocenters. The summed E-state index contributed by atoms with van der Waals surface area (Å²) in [4.78, 5) is 27.1. The summed E-state index contributed by atoms with van der Waals surface area (Å²) in [6.45, 7) is 7.42. The van der Waals surface area contributed by atoms with Crippen LogP contribution in [0.4, 0.5) is 5.69 Å². The zero-order valence-corrected chi connectivity index (χ0v) is 16.1. The summed E-state index contributed by atoms with van der Waals surface area (Å²) in [6.07, 6.45) is 0. The Bertz CT molecular complexity index is 759. The van der Waals surface area contributed by atoms with E-state index in [9.17, 15) is 9.59 Å². The minimum absolute atomic E-state index is 0.214. The van der Waals surface area contributed by atoms with Crippen molar-refractivity contribution in [1.29, 1.82) is 0 Å². The quantitative estimate of drug-likeness (QED) is 0.713. The molecule has 2 aromatic carbocycles. The molecule has 2 amide bonds. The minimum Gasteiger partial charge on any atom is -0.496 e. The predicted octanol–water partition coefficient (Wildman–Crippen LogP) is 3.02. The highest BCUT2D eigenvalue weighted by atomic mass is 16.5. The van der Waals surface area contributed by atoms with Gasteiger partial charge in [0, 0.05) is 24.3 Å². The molecular weight excluding hydrogens is 342 g/mol. The molecule has 2 rings (SSSR count). The molecule has 27 heavy (non-hydrogen) atoms. The molecule has 0 aliphatic rings. The Balaban J connectivity index is 2.04. The maximum atomic E-state index is 12.4. The lowest BCUT2D eigenvalue weighted by molar-refractivity contribution is 0.0944. The van der Waals surface area contributed by atoms with Crippen LogP contribution in [0.3, 0.4) is 0 Å². The Labute approximate surface area is 160 Å². The van der Waals surface area contributed by atoms with E-state index in [1.165, 1.54) is 7.11 Å². The Morgan fingerprint density at radius 1 is 1.00 bits per heavy atom. The molecule has 0 spiro atoms. The van der Waals surface area contributed by atoms with Gasteiger partial charge in [0.1, 0.15) is 5.75 Å². The van der Waals surface area contributed by atoms with Crippen LogP contribution in [0.15, 0.2) is 48.5 Å². The number of nitrogens with zero attached hydrogens (tertiary/aromatic N) is 1. The molecule has 2 aromatic rings. The molecule has 0 bridgehead atoms. The third-order valence-corrected chi connectivity index (χ3v) is 4.35. The number of benzene rings is 2. The topological polar surface area (TPSA) is 70.7 Å². The second-order valence-electron chi connectivity index (χ2n) is 6.02. The Morgan fingerprint density at radius 3 is 2.33 bits per heavy atom. The first-order valence-electron chi connectivity index (χ1n) is 9.14. The Hall–Kier alpha value is -2.86. The molecule has 0 aliphatic heterocycles. The van der Waals surface area contributed by atoms with E-state index < -0.39 is 0 Å². The fourth-order valence-corrected chi connectivity index (χ4v) is 2.71. The summed E-state index contributed by atoms with van der Waals surface area (Å²) < 4.78 is 5.33. The predicted molar refractivity (Wildman–Crippen MR) is 108 cm³/mol. The highest BCUT2D eigenvalue weighted by Crippen LogP contribution is 2.21. The summed E-state index contributed by atoms with van der Waals surface area (Å²) >= 11 is 0. The van der Waals surface area contributed by atoms with Crippen LogP contribution in [0.5, 0.6) is 5.75 Å². The molecule has 6 heteroatoms. The smallest absolute Gasteiger partial charge is 0.255 e. The highest BCUT2D eigenvalue weighted by molar-refractivity contribution is 6.06. The zero-order chi connectivity index (χ0) is 19.6. The van der Waals surface area contributed by atoms with Crippen molar-refractivity contribution < 1.29 is 14.3 Å². The molecule has 0 radical (unpaired) electrons. The van der Waals surface area contributed by atoms with E-state index in [1.54, 1.807) is 18.2 Å². The highest BCUT2D eigenvalue weighted by Gasteiger charge is 2.15. The average Bonchev–Trinajstić information content (AvgIpc) is 2.71. The summed E-state index contributed by atoms with van der Waals surface area (Å²) in [5.41, 5.74) is 1.54. The first-order chi connectivity index (χ1) is 13.1. The third kappa shape index (κ3) is 5.82. The average molecular weight is 369 g/mol. The summed E-state index contributed by atoms with van der Waals surface area (Å²) in [6, 6.07) is 14.0. The van der Waals surface area contributed by atoms with Crippen LogP contribution < -0.4 is 15.4 Å². The number of likely N-dealkylation sites (N-methyl/N-ethyl adjacent to an activating group) is 1. The van der Waals surface area contributed by atoms with Crippen LogP contribution in [0.1, 0.15) is 34.6 Å². The third-order valence-electron chi connectivity index (χ3n) is 4.35. The molecule has 0 aromatic heterocycles. The molecule has 0 saturated heterocycles. The van der Waals surface area contributed by atoms with Crippen molar-refractivity contribution in [2.75, 3.05) is 38.6 Å². The van der Waals surface area contributed by atoms with E-state index in [0.717, 1.165) is 19.6 Å². The number of ether oxygens (including phenoxy) is 1. The lowest BCUT2D eigenvalue weighted by atomic mass is 10.1. The van der Waals surface area contributed by atoms with Gasteiger partial charge in [-0.25, -0.2) is 0 Å². The van der Waals surface area contributed by atoms with E-state index in [0.29, 0.717) is 29.1 Å². The molecule has 0 unspecified atom stereocenters. The normalized spacial score (nSPS) is 10.5. The number of rotatable bonds is 9.